The Hall–Kier alpha value is -1.69. The molecular weight excluding hydrogens is 262 g/mol. The van der Waals surface area contributed by atoms with Crippen molar-refractivity contribution in [2.75, 3.05) is 6.54 Å². The van der Waals surface area contributed by atoms with Crippen LogP contribution in [0.2, 0.25) is 0 Å². The molecule has 2 aromatic heterocycles. The molecule has 2 aromatic rings. The molecule has 3 rings (SSSR count). The van der Waals surface area contributed by atoms with E-state index in [2.05, 4.69) is 15.5 Å². The molecule has 0 unspecified atom stereocenters. The average Bonchev–Trinajstić information content (AvgIpc) is 2.97. The van der Waals surface area contributed by atoms with E-state index in [9.17, 15) is 4.79 Å². The minimum atomic E-state index is -0.178. The van der Waals surface area contributed by atoms with E-state index in [0.29, 0.717) is 18.2 Å². The van der Waals surface area contributed by atoms with E-state index in [1.807, 2.05) is 12.3 Å². The number of aryl methyl sites for hydroxylation is 1. The van der Waals surface area contributed by atoms with Gasteiger partial charge in [0.15, 0.2) is 5.69 Å². The number of amides is 1. The van der Waals surface area contributed by atoms with Gasteiger partial charge in [-0.2, -0.15) is 0 Å². The van der Waals surface area contributed by atoms with Gasteiger partial charge < -0.3 is 9.84 Å². The summed E-state index contributed by atoms with van der Waals surface area (Å²) in [5, 5.41) is 9.70. The number of carbonyl (C=O) groups is 1. The van der Waals surface area contributed by atoms with Gasteiger partial charge in [-0.3, -0.25) is 4.79 Å². The summed E-state index contributed by atoms with van der Waals surface area (Å²) in [6.07, 6.45) is 3.02. The molecule has 1 saturated carbocycles. The van der Waals surface area contributed by atoms with Crippen molar-refractivity contribution >= 4 is 17.2 Å². The third-order valence-corrected chi connectivity index (χ3v) is 3.90. The second-order valence-corrected chi connectivity index (χ2v) is 5.81. The van der Waals surface area contributed by atoms with Gasteiger partial charge in [-0.25, -0.2) is 4.98 Å². The molecule has 0 bridgehead atoms. The van der Waals surface area contributed by atoms with Crippen molar-refractivity contribution in [1.29, 1.82) is 0 Å². The van der Waals surface area contributed by atoms with Crippen LogP contribution in [-0.2, 0) is 6.42 Å². The average molecular weight is 277 g/mol. The van der Waals surface area contributed by atoms with Crippen LogP contribution in [0.4, 0.5) is 0 Å². The molecule has 0 atom stereocenters. The molecule has 0 spiro atoms. The fourth-order valence-corrected chi connectivity index (χ4v) is 2.52. The van der Waals surface area contributed by atoms with E-state index in [-0.39, 0.29) is 5.91 Å². The minimum absolute atomic E-state index is 0.178. The van der Waals surface area contributed by atoms with Crippen LogP contribution in [0.25, 0.3) is 0 Å². The Bertz CT molecular complexity index is 586. The van der Waals surface area contributed by atoms with Gasteiger partial charge in [-0.05, 0) is 19.8 Å². The summed E-state index contributed by atoms with van der Waals surface area (Å²) in [6.45, 7) is 2.54. The van der Waals surface area contributed by atoms with Crippen LogP contribution in [0.3, 0.4) is 0 Å². The largest absolute Gasteiger partial charge is 0.360 e. The van der Waals surface area contributed by atoms with Crippen LogP contribution in [0, 0.1) is 6.92 Å². The number of nitrogens with zero attached hydrogens (tertiary/aromatic N) is 2. The Morgan fingerprint density at radius 1 is 1.58 bits per heavy atom. The Balaban J connectivity index is 1.50. The van der Waals surface area contributed by atoms with Crippen LogP contribution in [0.5, 0.6) is 0 Å². The van der Waals surface area contributed by atoms with E-state index >= 15 is 0 Å². The Morgan fingerprint density at radius 2 is 2.42 bits per heavy atom. The molecule has 0 aliphatic heterocycles. The third-order valence-electron chi connectivity index (χ3n) is 3.07. The molecule has 1 amide bonds. The van der Waals surface area contributed by atoms with Crippen molar-refractivity contribution in [2.45, 2.75) is 32.1 Å². The van der Waals surface area contributed by atoms with Crippen LogP contribution in [0.1, 0.15) is 45.7 Å². The maximum Gasteiger partial charge on any atom is 0.273 e. The fraction of sp³-hybridized carbons (Fsp3) is 0.462. The second kappa shape index (κ2) is 5.13. The maximum absolute atomic E-state index is 11.8. The lowest BCUT2D eigenvalue weighted by molar-refractivity contribution is 0.0945. The number of hydrogen-bond acceptors (Lipinski definition) is 5. The van der Waals surface area contributed by atoms with E-state index in [1.165, 1.54) is 0 Å². The first-order chi connectivity index (χ1) is 9.22. The number of carbonyl (C=O) groups excluding carboxylic acids is 1. The molecule has 0 radical (unpaired) electrons. The quantitative estimate of drug-likeness (QED) is 0.910. The van der Waals surface area contributed by atoms with Crippen molar-refractivity contribution in [1.82, 2.24) is 15.5 Å². The summed E-state index contributed by atoms with van der Waals surface area (Å²) < 4.78 is 5.16. The first-order valence-electron chi connectivity index (χ1n) is 6.38. The monoisotopic (exact) mass is 277 g/mol. The van der Waals surface area contributed by atoms with Gasteiger partial charge in [0.1, 0.15) is 5.76 Å². The smallest absolute Gasteiger partial charge is 0.273 e. The normalized spacial score (nSPS) is 14.6. The van der Waals surface area contributed by atoms with E-state index in [1.54, 1.807) is 17.4 Å². The van der Waals surface area contributed by atoms with Crippen molar-refractivity contribution in [3.05, 3.63) is 33.6 Å². The number of aromatic nitrogens is 2. The van der Waals surface area contributed by atoms with Crippen LogP contribution in [0.15, 0.2) is 16.0 Å². The zero-order chi connectivity index (χ0) is 13.2. The molecule has 0 saturated heterocycles. The van der Waals surface area contributed by atoms with Crippen LogP contribution in [-0.4, -0.2) is 22.6 Å². The van der Waals surface area contributed by atoms with Gasteiger partial charge in [-0.15, -0.1) is 11.3 Å². The molecule has 1 N–H and O–H groups in total. The SMILES string of the molecule is Cc1nc(CCNC(=O)c2cc(C3CC3)on2)cs1. The number of rotatable bonds is 5. The zero-order valence-corrected chi connectivity index (χ0v) is 11.5. The van der Waals surface area contributed by atoms with Crippen LogP contribution >= 0.6 is 11.3 Å². The first-order valence-corrected chi connectivity index (χ1v) is 7.26. The predicted molar refractivity (Wildman–Crippen MR) is 71.4 cm³/mol. The maximum atomic E-state index is 11.8. The lowest BCUT2D eigenvalue weighted by Gasteiger charge is -2.00. The predicted octanol–water partition coefficient (Wildman–Crippen LogP) is 2.29. The molecule has 0 aromatic carbocycles. The molecule has 1 aliphatic carbocycles. The van der Waals surface area contributed by atoms with Crippen molar-refractivity contribution < 1.29 is 9.32 Å². The highest BCUT2D eigenvalue weighted by Gasteiger charge is 2.28. The van der Waals surface area contributed by atoms with Gasteiger partial charge in [0, 0.05) is 30.3 Å². The number of hydrogen-bond donors (Lipinski definition) is 1. The summed E-state index contributed by atoms with van der Waals surface area (Å²) in [4.78, 5) is 16.2. The highest BCUT2D eigenvalue weighted by Crippen LogP contribution is 2.40. The zero-order valence-electron chi connectivity index (χ0n) is 10.7. The van der Waals surface area contributed by atoms with E-state index in [4.69, 9.17) is 4.52 Å². The summed E-state index contributed by atoms with van der Waals surface area (Å²) in [5.74, 6) is 1.13. The number of thiazole rings is 1. The molecule has 19 heavy (non-hydrogen) atoms. The van der Waals surface area contributed by atoms with Gasteiger partial charge in [0.25, 0.3) is 5.91 Å². The molecule has 100 valence electrons. The van der Waals surface area contributed by atoms with Crippen LogP contribution < -0.4 is 5.32 Å². The van der Waals surface area contributed by atoms with Gasteiger partial charge in [-0.1, -0.05) is 5.16 Å². The molecular formula is C13H15N3O2S. The molecule has 1 aliphatic rings. The van der Waals surface area contributed by atoms with E-state index < -0.39 is 0 Å². The minimum Gasteiger partial charge on any atom is -0.360 e. The van der Waals surface area contributed by atoms with Gasteiger partial charge >= 0.3 is 0 Å². The summed E-state index contributed by atoms with van der Waals surface area (Å²) in [6, 6.07) is 1.75. The fourth-order valence-electron chi connectivity index (χ4n) is 1.87. The molecule has 6 heteroatoms. The lowest BCUT2D eigenvalue weighted by Crippen LogP contribution is -2.26. The summed E-state index contributed by atoms with van der Waals surface area (Å²) in [7, 11) is 0. The van der Waals surface area contributed by atoms with Gasteiger partial charge in [0.2, 0.25) is 0 Å². The molecule has 2 heterocycles. The Labute approximate surface area is 115 Å². The highest BCUT2D eigenvalue weighted by molar-refractivity contribution is 7.09. The molecule has 1 fully saturated rings. The van der Waals surface area contributed by atoms with Crippen molar-refractivity contribution in [3.63, 3.8) is 0 Å². The second-order valence-electron chi connectivity index (χ2n) is 4.75. The number of nitrogens with one attached hydrogen (secondary N) is 1. The molecule has 5 nitrogen and oxygen atoms in total. The summed E-state index contributed by atoms with van der Waals surface area (Å²) >= 11 is 1.62. The first kappa shape index (κ1) is 12.3. The third kappa shape index (κ3) is 3.01. The Kier molecular flexibility index (Phi) is 3.33. The summed E-state index contributed by atoms with van der Waals surface area (Å²) in [5.41, 5.74) is 1.39. The standard InChI is InChI=1S/C13H15N3O2S/c1-8-15-10(7-19-8)4-5-14-13(17)11-6-12(18-16-11)9-2-3-9/h6-7,9H,2-5H2,1H3,(H,14,17). The van der Waals surface area contributed by atoms with Crippen molar-refractivity contribution in [2.24, 2.45) is 0 Å². The van der Waals surface area contributed by atoms with Gasteiger partial charge in [0.05, 0.1) is 10.7 Å². The Morgan fingerprint density at radius 3 is 3.11 bits per heavy atom. The van der Waals surface area contributed by atoms with Crippen molar-refractivity contribution in [3.8, 4) is 0 Å². The van der Waals surface area contributed by atoms with E-state index in [0.717, 1.165) is 35.7 Å². The lowest BCUT2D eigenvalue weighted by atomic mass is 10.2. The topological polar surface area (TPSA) is 68.0 Å². The highest BCUT2D eigenvalue weighted by atomic mass is 32.1.